The number of hydrogen-bond donors (Lipinski definition) is 1. The van der Waals surface area contributed by atoms with Crippen LogP contribution in [0.3, 0.4) is 0 Å². The maximum absolute atomic E-state index is 13.0. The molecule has 0 bridgehead atoms. The van der Waals surface area contributed by atoms with Gasteiger partial charge in [-0.2, -0.15) is 13.2 Å². The number of carbonyl (C=O) groups excluding carboxylic acids is 1. The van der Waals surface area contributed by atoms with Crippen LogP contribution in [-0.4, -0.2) is 46.9 Å². The fourth-order valence-electron chi connectivity index (χ4n) is 4.49. The van der Waals surface area contributed by atoms with E-state index in [1.165, 1.54) is 30.6 Å². The molecule has 0 atom stereocenters. The molecule has 3 heterocycles. The highest BCUT2D eigenvalue weighted by molar-refractivity contribution is 7.13. The van der Waals surface area contributed by atoms with Gasteiger partial charge in [-0.1, -0.05) is 6.42 Å². The molecule has 184 valence electrons. The van der Waals surface area contributed by atoms with Gasteiger partial charge in [0.05, 0.1) is 16.2 Å². The molecule has 0 saturated carbocycles. The van der Waals surface area contributed by atoms with Crippen molar-refractivity contribution in [1.29, 1.82) is 0 Å². The molecule has 8 nitrogen and oxygen atoms in total. The fraction of sp³-hybridized carbons (Fsp3) is 0.545. The van der Waals surface area contributed by atoms with Gasteiger partial charge in [-0.15, -0.1) is 11.3 Å². The summed E-state index contributed by atoms with van der Waals surface area (Å²) in [7, 11) is 0. The number of piperidine rings is 2. The van der Waals surface area contributed by atoms with Crippen LogP contribution in [-0.2, 0) is 17.5 Å². The summed E-state index contributed by atoms with van der Waals surface area (Å²) < 4.78 is 38.9. The molecule has 34 heavy (non-hydrogen) atoms. The van der Waals surface area contributed by atoms with Crippen LogP contribution in [0.2, 0.25) is 0 Å². The number of nitrogens with zero attached hydrogens (tertiary/aromatic N) is 4. The Hall–Kier alpha value is -2.73. The number of nitrogens with one attached hydrogen (secondary N) is 1. The number of thiazole rings is 1. The smallest absolute Gasteiger partial charge is 0.366 e. The second-order valence-electron chi connectivity index (χ2n) is 8.69. The average molecular weight is 498 g/mol. The molecule has 1 aromatic carbocycles. The summed E-state index contributed by atoms with van der Waals surface area (Å²) in [6.07, 6.45) is -0.117. The van der Waals surface area contributed by atoms with Gasteiger partial charge in [0.15, 0.2) is 5.13 Å². The number of alkyl halides is 3. The lowest BCUT2D eigenvalue weighted by Crippen LogP contribution is -2.38. The van der Waals surface area contributed by atoms with Gasteiger partial charge in [-0.05, 0) is 50.9 Å². The zero-order valence-corrected chi connectivity index (χ0v) is 19.3. The molecule has 2 aromatic rings. The van der Waals surface area contributed by atoms with Crippen molar-refractivity contribution in [2.75, 3.05) is 36.4 Å². The van der Waals surface area contributed by atoms with E-state index in [1.807, 2.05) is 5.38 Å². The Labute approximate surface area is 198 Å². The first-order valence-electron chi connectivity index (χ1n) is 11.3. The van der Waals surface area contributed by atoms with Crippen LogP contribution in [0.1, 0.15) is 43.4 Å². The van der Waals surface area contributed by atoms with Crippen molar-refractivity contribution in [3.63, 3.8) is 0 Å². The highest BCUT2D eigenvalue weighted by Gasteiger charge is 2.35. The molecule has 1 amide bonds. The number of carbonyl (C=O) groups is 1. The van der Waals surface area contributed by atoms with Crippen molar-refractivity contribution in [2.24, 2.45) is 5.92 Å². The quantitative estimate of drug-likeness (QED) is 0.450. The normalized spacial score (nSPS) is 18.1. The third kappa shape index (κ3) is 5.84. The van der Waals surface area contributed by atoms with Gasteiger partial charge in [0, 0.05) is 37.0 Å². The molecule has 1 N–H and O–H groups in total. The highest BCUT2D eigenvalue weighted by Crippen LogP contribution is 2.37. The molecule has 4 rings (SSSR count). The van der Waals surface area contributed by atoms with Crippen LogP contribution in [0.5, 0.6) is 0 Å². The molecule has 0 radical (unpaired) electrons. The van der Waals surface area contributed by atoms with E-state index in [1.54, 1.807) is 4.90 Å². The van der Waals surface area contributed by atoms with Gasteiger partial charge >= 0.3 is 6.18 Å². The second kappa shape index (κ2) is 10.3. The minimum Gasteiger partial charge on any atom is -0.366 e. The number of rotatable bonds is 6. The Bertz CT molecular complexity index is 1030. The first-order valence-corrected chi connectivity index (χ1v) is 12.2. The lowest BCUT2D eigenvalue weighted by atomic mass is 9.95. The summed E-state index contributed by atoms with van der Waals surface area (Å²) in [6.45, 7) is 3.57. The van der Waals surface area contributed by atoms with E-state index < -0.39 is 22.4 Å². The predicted octanol–water partition coefficient (Wildman–Crippen LogP) is 4.91. The van der Waals surface area contributed by atoms with Crippen LogP contribution < -0.4 is 10.2 Å². The van der Waals surface area contributed by atoms with Crippen LogP contribution in [0.4, 0.5) is 29.7 Å². The minimum atomic E-state index is -4.65. The number of hydrogen-bond acceptors (Lipinski definition) is 7. The zero-order chi connectivity index (χ0) is 24.3. The van der Waals surface area contributed by atoms with Crippen LogP contribution >= 0.6 is 11.3 Å². The monoisotopic (exact) mass is 497 g/mol. The predicted molar refractivity (Wildman–Crippen MR) is 123 cm³/mol. The minimum absolute atomic E-state index is 0.138. The molecule has 2 fully saturated rings. The summed E-state index contributed by atoms with van der Waals surface area (Å²) in [4.78, 5) is 31.9. The highest BCUT2D eigenvalue weighted by atomic mass is 32.1. The maximum atomic E-state index is 13.0. The first-order chi connectivity index (χ1) is 16.2. The van der Waals surface area contributed by atoms with Gasteiger partial charge in [-0.3, -0.25) is 19.8 Å². The molecule has 2 saturated heterocycles. The molecule has 1 aromatic heterocycles. The summed E-state index contributed by atoms with van der Waals surface area (Å²) in [5.74, 6) is -0.445. The molecule has 2 aliphatic rings. The van der Waals surface area contributed by atoms with E-state index >= 15 is 0 Å². The Balaban J connectivity index is 1.33. The van der Waals surface area contributed by atoms with Crippen molar-refractivity contribution in [1.82, 2.24) is 9.88 Å². The SMILES string of the molecule is O=C(Nc1nc(CN2CCCCC2)cs1)C1CCN(c2ccc(C(F)(F)F)cc2[N+](=O)[O-])CC1. The van der Waals surface area contributed by atoms with E-state index in [-0.39, 0.29) is 17.5 Å². The molecule has 12 heteroatoms. The van der Waals surface area contributed by atoms with Crippen LogP contribution in [0.15, 0.2) is 23.6 Å². The summed E-state index contributed by atoms with van der Waals surface area (Å²) in [5, 5.41) is 16.8. The Morgan fingerprint density at radius 2 is 1.88 bits per heavy atom. The lowest BCUT2D eigenvalue weighted by molar-refractivity contribution is -0.384. The number of aromatic nitrogens is 1. The summed E-state index contributed by atoms with van der Waals surface area (Å²) in [5.41, 5.74) is -0.562. The second-order valence-corrected chi connectivity index (χ2v) is 9.55. The average Bonchev–Trinajstić information content (AvgIpc) is 3.25. The van der Waals surface area contributed by atoms with Gasteiger partial charge < -0.3 is 10.2 Å². The summed E-state index contributed by atoms with van der Waals surface area (Å²) in [6, 6.07) is 2.56. The van der Waals surface area contributed by atoms with E-state index in [0.717, 1.165) is 37.5 Å². The van der Waals surface area contributed by atoms with Gasteiger partial charge in [0.1, 0.15) is 5.69 Å². The van der Waals surface area contributed by atoms with Crippen LogP contribution in [0.25, 0.3) is 0 Å². The number of likely N-dealkylation sites (tertiary alicyclic amines) is 1. The first kappa shape index (κ1) is 24.4. The Morgan fingerprint density at radius 1 is 1.18 bits per heavy atom. The topological polar surface area (TPSA) is 91.6 Å². The number of anilines is 2. The van der Waals surface area contributed by atoms with Crippen molar-refractivity contribution < 1.29 is 22.9 Å². The lowest BCUT2D eigenvalue weighted by Gasteiger charge is -2.32. The largest absolute Gasteiger partial charge is 0.416 e. The fourth-order valence-corrected chi connectivity index (χ4v) is 5.19. The number of halogens is 3. The van der Waals surface area contributed by atoms with Gasteiger partial charge in [0.2, 0.25) is 5.91 Å². The van der Waals surface area contributed by atoms with E-state index in [0.29, 0.717) is 37.1 Å². The Kier molecular flexibility index (Phi) is 7.36. The number of nitro groups is 1. The van der Waals surface area contributed by atoms with Crippen molar-refractivity contribution in [3.05, 3.63) is 45.0 Å². The van der Waals surface area contributed by atoms with Crippen LogP contribution in [0, 0.1) is 16.0 Å². The molecule has 0 spiro atoms. The zero-order valence-electron chi connectivity index (χ0n) is 18.5. The molecule has 0 unspecified atom stereocenters. The third-order valence-corrected chi connectivity index (χ3v) is 7.13. The van der Waals surface area contributed by atoms with Gasteiger partial charge in [-0.25, -0.2) is 4.98 Å². The van der Waals surface area contributed by atoms with E-state index in [4.69, 9.17) is 0 Å². The summed E-state index contributed by atoms with van der Waals surface area (Å²) >= 11 is 1.39. The maximum Gasteiger partial charge on any atom is 0.416 e. The number of nitro benzene ring substituents is 1. The number of benzene rings is 1. The van der Waals surface area contributed by atoms with Crippen molar-refractivity contribution in [2.45, 2.75) is 44.8 Å². The third-order valence-electron chi connectivity index (χ3n) is 6.32. The van der Waals surface area contributed by atoms with Crippen molar-refractivity contribution >= 4 is 33.8 Å². The molecular formula is C22H26F3N5O3S. The van der Waals surface area contributed by atoms with Crippen molar-refractivity contribution in [3.8, 4) is 0 Å². The molecule has 2 aliphatic heterocycles. The van der Waals surface area contributed by atoms with E-state index in [9.17, 15) is 28.1 Å². The van der Waals surface area contributed by atoms with E-state index in [2.05, 4.69) is 15.2 Å². The molecular weight excluding hydrogens is 471 g/mol. The molecule has 0 aliphatic carbocycles. The number of amides is 1. The van der Waals surface area contributed by atoms with Gasteiger partial charge in [0.25, 0.3) is 5.69 Å². The standard InChI is InChI=1S/C22H26F3N5O3S/c23-22(24,25)16-4-5-18(19(12-16)30(32)33)29-10-6-15(7-11-29)20(31)27-21-26-17(14-34-21)13-28-8-2-1-3-9-28/h4-5,12,14-15H,1-3,6-11,13H2,(H,26,27,31). The Morgan fingerprint density at radius 3 is 2.53 bits per heavy atom.